The molecule has 0 aliphatic carbocycles. The number of aromatic nitrogens is 2. The highest BCUT2D eigenvalue weighted by Gasteiger charge is 2.15. The van der Waals surface area contributed by atoms with Gasteiger partial charge in [-0.2, -0.15) is 0 Å². The van der Waals surface area contributed by atoms with Gasteiger partial charge in [-0.15, -0.1) is 0 Å². The maximum atomic E-state index is 5.99. The Balaban J connectivity index is 2.81. The molecule has 0 bridgehead atoms. The zero-order valence-electron chi connectivity index (χ0n) is 10.5. The molecule has 0 aromatic carbocycles. The Morgan fingerprint density at radius 1 is 1.31 bits per heavy atom. The Labute approximate surface area is 97.2 Å². The molecule has 1 aromatic rings. The van der Waals surface area contributed by atoms with Crippen molar-refractivity contribution in [1.29, 1.82) is 0 Å². The molecule has 0 fully saturated rings. The molecule has 0 spiro atoms. The van der Waals surface area contributed by atoms with E-state index >= 15 is 0 Å². The first-order chi connectivity index (χ1) is 7.54. The predicted molar refractivity (Wildman–Crippen MR) is 64.5 cm³/mol. The molecular formula is C12H21N3O. The van der Waals surface area contributed by atoms with E-state index in [9.17, 15) is 0 Å². The Morgan fingerprint density at radius 2 is 2.00 bits per heavy atom. The van der Waals surface area contributed by atoms with Gasteiger partial charge in [-0.3, -0.25) is 4.98 Å². The van der Waals surface area contributed by atoms with Crippen molar-refractivity contribution < 1.29 is 4.74 Å². The van der Waals surface area contributed by atoms with E-state index < -0.39 is 0 Å². The van der Waals surface area contributed by atoms with Crippen LogP contribution in [-0.2, 0) is 0 Å². The SMILES string of the molecule is CCC(N)C(C)c1cncc(OC(C)C)n1. The summed E-state index contributed by atoms with van der Waals surface area (Å²) in [6, 6.07) is 0.114. The van der Waals surface area contributed by atoms with Crippen molar-refractivity contribution in [2.75, 3.05) is 0 Å². The smallest absolute Gasteiger partial charge is 0.232 e. The number of rotatable bonds is 5. The van der Waals surface area contributed by atoms with Crippen LogP contribution in [-0.4, -0.2) is 22.1 Å². The third-order valence-corrected chi connectivity index (χ3v) is 2.57. The highest BCUT2D eigenvalue weighted by molar-refractivity contribution is 5.13. The van der Waals surface area contributed by atoms with E-state index in [0.717, 1.165) is 12.1 Å². The third kappa shape index (κ3) is 3.45. The van der Waals surface area contributed by atoms with E-state index in [0.29, 0.717) is 5.88 Å². The minimum atomic E-state index is 0.111. The minimum Gasteiger partial charge on any atom is -0.474 e. The first kappa shape index (κ1) is 12.9. The second-order valence-electron chi connectivity index (χ2n) is 4.31. The first-order valence-corrected chi connectivity index (χ1v) is 5.78. The van der Waals surface area contributed by atoms with E-state index in [2.05, 4.69) is 23.8 Å². The van der Waals surface area contributed by atoms with Crippen LogP contribution >= 0.6 is 0 Å². The molecule has 1 rings (SSSR count). The number of ether oxygens (including phenoxy) is 1. The van der Waals surface area contributed by atoms with E-state index in [1.807, 2.05) is 13.8 Å². The molecule has 2 unspecified atom stereocenters. The van der Waals surface area contributed by atoms with E-state index in [1.165, 1.54) is 0 Å². The zero-order valence-corrected chi connectivity index (χ0v) is 10.5. The van der Waals surface area contributed by atoms with Gasteiger partial charge in [0.25, 0.3) is 0 Å². The molecule has 2 atom stereocenters. The van der Waals surface area contributed by atoms with E-state index in [-0.39, 0.29) is 18.1 Å². The molecule has 0 saturated carbocycles. The minimum absolute atomic E-state index is 0.111. The van der Waals surface area contributed by atoms with Gasteiger partial charge < -0.3 is 10.5 Å². The van der Waals surface area contributed by atoms with Crippen LogP contribution in [0, 0.1) is 0 Å². The molecule has 4 nitrogen and oxygen atoms in total. The normalized spacial score (nSPS) is 14.9. The summed E-state index contributed by atoms with van der Waals surface area (Å²) < 4.78 is 5.50. The summed E-state index contributed by atoms with van der Waals surface area (Å²) in [6.07, 6.45) is 4.43. The van der Waals surface area contributed by atoms with Crippen LogP contribution in [0.15, 0.2) is 12.4 Å². The fourth-order valence-corrected chi connectivity index (χ4v) is 1.45. The van der Waals surface area contributed by atoms with Crippen LogP contribution in [0.2, 0.25) is 0 Å². The lowest BCUT2D eigenvalue weighted by atomic mass is 9.97. The largest absolute Gasteiger partial charge is 0.474 e. The van der Waals surface area contributed by atoms with Crippen molar-refractivity contribution in [3.05, 3.63) is 18.1 Å². The Kier molecular flexibility index (Phi) is 4.68. The van der Waals surface area contributed by atoms with Crippen molar-refractivity contribution in [3.63, 3.8) is 0 Å². The van der Waals surface area contributed by atoms with E-state index in [1.54, 1.807) is 12.4 Å². The Morgan fingerprint density at radius 3 is 2.56 bits per heavy atom. The van der Waals surface area contributed by atoms with Crippen LogP contribution in [0.1, 0.15) is 45.7 Å². The number of hydrogen-bond acceptors (Lipinski definition) is 4. The van der Waals surface area contributed by atoms with Crippen molar-refractivity contribution in [3.8, 4) is 5.88 Å². The molecule has 0 saturated heterocycles. The quantitative estimate of drug-likeness (QED) is 0.830. The molecule has 16 heavy (non-hydrogen) atoms. The van der Waals surface area contributed by atoms with Crippen LogP contribution in [0.3, 0.4) is 0 Å². The molecule has 2 N–H and O–H groups in total. The monoisotopic (exact) mass is 223 g/mol. The van der Waals surface area contributed by atoms with Gasteiger partial charge in [0.2, 0.25) is 5.88 Å². The molecule has 1 heterocycles. The fraction of sp³-hybridized carbons (Fsp3) is 0.667. The topological polar surface area (TPSA) is 61.0 Å². The maximum Gasteiger partial charge on any atom is 0.232 e. The lowest BCUT2D eigenvalue weighted by Crippen LogP contribution is -2.26. The summed E-state index contributed by atoms with van der Waals surface area (Å²) in [7, 11) is 0. The van der Waals surface area contributed by atoms with Gasteiger partial charge in [0.05, 0.1) is 18.0 Å². The zero-order chi connectivity index (χ0) is 12.1. The summed E-state index contributed by atoms with van der Waals surface area (Å²) in [5.74, 6) is 0.774. The van der Waals surface area contributed by atoms with Gasteiger partial charge in [0, 0.05) is 18.2 Å². The molecule has 4 heteroatoms. The number of nitrogens with two attached hydrogens (primary N) is 1. The van der Waals surface area contributed by atoms with Crippen molar-refractivity contribution in [1.82, 2.24) is 9.97 Å². The molecule has 0 aliphatic rings. The summed E-state index contributed by atoms with van der Waals surface area (Å²) >= 11 is 0. The number of nitrogens with zero attached hydrogens (tertiary/aromatic N) is 2. The molecular weight excluding hydrogens is 202 g/mol. The van der Waals surface area contributed by atoms with Gasteiger partial charge >= 0.3 is 0 Å². The van der Waals surface area contributed by atoms with Crippen LogP contribution < -0.4 is 10.5 Å². The molecule has 90 valence electrons. The van der Waals surface area contributed by atoms with Gasteiger partial charge in [-0.25, -0.2) is 4.98 Å². The van der Waals surface area contributed by atoms with Gasteiger partial charge in [0.1, 0.15) is 0 Å². The summed E-state index contributed by atoms with van der Waals surface area (Å²) in [4.78, 5) is 8.55. The molecule has 1 aromatic heterocycles. The average Bonchev–Trinajstić information content (AvgIpc) is 2.26. The van der Waals surface area contributed by atoms with Crippen LogP contribution in [0.4, 0.5) is 0 Å². The lowest BCUT2D eigenvalue weighted by Gasteiger charge is -2.18. The maximum absolute atomic E-state index is 5.99. The first-order valence-electron chi connectivity index (χ1n) is 5.78. The highest BCUT2D eigenvalue weighted by atomic mass is 16.5. The second-order valence-corrected chi connectivity index (χ2v) is 4.31. The molecule has 0 radical (unpaired) electrons. The summed E-state index contributed by atoms with van der Waals surface area (Å²) in [6.45, 7) is 8.07. The van der Waals surface area contributed by atoms with Gasteiger partial charge in [-0.05, 0) is 20.3 Å². The van der Waals surface area contributed by atoms with Crippen molar-refractivity contribution in [2.45, 2.75) is 52.2 Å². The van der Waals surface area contributed by atoms with Crippen molar-refractivity contribution >= 4 is 0 Å². The summed E-state index contributed by atoms with van der Waals surface area (Å²) in [5.41, 5.74) is 6.89. The van der Waals surface area contributed by atoms with Crippen molar-refractivity contribution in [2.24, 2.45) is 5.73 Å². The highest BCUT2D eigenvalue weighted by Crippen LogP contribution is 2.19. The predicted octanol–water partition coefficient (Wildman–Crippen LogP) is 2.10. The standard InChI is InChI=1S/C12H21N3O/c1-5-10(13)9(4)11-6-14-7-12(15-11)16-8(2)3/h6-10H,5,13H2,1-4H3. The lowest BCUT2D eigenvalue weighted by molar-refractivity contribution is 0.230. The average molecular weight is 223 g/mol. The fourth-order valence-electron chi connectivity index (χ4n) is 1.45. The van der Waals surface area contributed by atoms with Gasteiger partial charge in [-0.1, -0.05) is 13.8 Å². The van der Waals surface area contributed by atoms with E-state index in [4.69, 9.17) is 10.5 Å². The second kappa shape index (κ2) is 5.80. The van der Waals surface area contributed by atoms with Crippen LogP contribution in [0.25, 0.3) is 0 Å². The van der Waals surface area contributed by atoms with Crippen LogP contribution in [0.5, 0.6) is 5.88 Å². The Hall–Kier alpha value is -1.16. The molecule has 0 aliphatic heterocycles. The molecule has 0 amide bonds. The van der Waals surface area contributed by atoms with Gasteiger partial charge in [0.15, 0.2) is 0 Å². The summed E-state index contributed by atoms with van der Waals surface area (Å²) in [5, 5.41) is 0. The Bertz CT molecular complexity index is 328. The number of hydrogen-bond donors (Lipinski definition) is 1. The third-order valence-electron chi connectivity index (χ3n) is 2.57.